The molecule has 21 heavy (non-hydrogen) atoms. The van der Waals surface area contributed by atoms with Gasteiger partial charge in [-0.2, -0.15) is 0 Å². The van der Waals surface area contributed by atoms with Gasteiger partial charge in [0.1, 0.15) is 5.82 Å². The minimum absolute atomic E-state index is 0.00583. The minimum atomic E-state index is -0.00583. The number of nitrogens with one attached hydrogen (secondary N) is 2. The van der Waals surface area contributed by atoms with Crippen LogP contribution in [0.4, 0.5) is 5.69 Å². The average molecular weight is 286 g/mol. The third kappa shape index (κ3) is 3.84. The van der Waals surface area contributed by atoms with Gasteiger partial charge >= 0.3 is 0 Å². The number of hydrogen-bond acceptors (Lipinski definition) is 3. The molecule has 0 radical (unpaired) electrons. The smallest absolute Gasteiger partial charge is 0.256 e. The maximum atomic E-state index is 12.7. The molecule has 0 aliphatic heterocycles. The van der Waals surface area contributed by atoms with Crippen molar-refractivity contribution in [2.45, 2.75) is 26.8 Å². The Morgan fingerprint density at radius 3 is 2.90 bits per heavy atom. The third-order valence-electron chi connectivity index (χ3n) is 3.26. The van der Waals surface area contributed by atoms with Gasteiger partial charge in [-0.1, -0.05) is 18.6 Å². The zero-order chi connectivity index (χ0) is 15.2. The van der Waals surface area contributed by atoms with Crippen molar-refractivity contribution in [3.8, 4) is 0 Å². The zero-order valence-corrected chi connectivity index (χ0v) is 12.8. The number of aromatic nitrogens is 2. The molecule has 2 N–H and O–H groups in total. The van der Waals surface area contributed by atoms with E-state index in [4.69, 9.17) is 0 Å². The first-order valence-corrected chi connectivity index (χ1v) is 7.20. The first kappa shape index (κ1) is 15.1. The van der Waals surface area contributed by atoms with Crippen molar-refractivity contribution in [2.24, 2.45) is 0 Å². The summed E-state index contributed by atoms with van der Waals surface area (Å²) in [6.07, 6.45) is 4.47. The number of carbonyl (C=O) groups is 1. The normalized spacial score (nSPS) is 10.4. The highest BCUT2D eigenvalue weighted by molar-refractivity contribution is 5.99. The molecule has 0 unspecified atom stereocenters. The van der Waals surface area contributed by atoms with Crippen LogP contribution < -0.4 is 5.32 Å². The fraction of sp³-hybridized carbons (Fsp3) is 0.375. The number of nitrogens with zero attached hydrogens (tertiary/aromatic N) is 2. The Kier molecular flexibility index (Phi) is 4.98. The topological polar surface area (TPSA) is 61.0 Å². The number of H-pyrrole nitrogens is 1. The Morgan fingerprint density at radius 2 is 2.24 bits per heavy atom. The fourth-order valence-electron chi connectivity index (χ4n) is 2.14. The van der Waals surface area contributed by atoms with Crippen molar-refractivity contribution in [3.05, 3.63) is 47.5 Å². The SMILES string of the molecule is CCCNc1ccc(C)cc1C(=O)N(C)Cc1ncc[nH]1. The molecule has 0 fully saturated rings. The molecule has 0 spiro atoms. The van der Waals surface area contributed by atoms with Crippen molar-refractivity contribution in [1.82, 2.24) is 14.9 Å². The van der Waals surface area contributed by atoms with Crippen molar-refractivity contribution >= 4 is 11.6 Å². The van der Waals surface area contributed by atoms with Gasteiger partial charge in [0.2, 0.25) is 0 Å². The van der Waals surface area contributed by atoms with Gasteiger partial charge in [-0.3, -0.25) is 4.79 Å². The lowest BCUT2D eigenvalue weighted by Gasteiger charge is -2.19. The number of imidazole rings is 1. The van der Waals surface area contributed by atoms with Gasteiger partial charge in [0.05, 0.1) is 12.1 Å². The molecular formula is C16H22N4O. The molecule has 0 aliphatic carbocycles. The quantitative estimate of drug-likeness (QED) is 0.858. The molecular weight excluding hydrogens is 264 g/mol. The molecule has 2 aromatic rings. The number of amides is 1. The van der Waals surface area contributed by atoms with Crippen LogP contribution in [0.3, 0.4) is 0 Å². The summed E-state index contributed by atoms with van der Waals surface area (Å²) >= 11 is 0. The van der Waals surface area contributed by atoms with Crippen molar-refractivity contribution in [3.63, 3.8) is 0 Å². The molecule has 1 heterocycles. The summed E-state index contributed by atoms with van der Waals surface area (Å²) in [5, 5.41) is 3.31. The van der Waals surface area contributed by atoms with E-state index in [0.29, 0.717) is 12.1 Å². The number of benzene rings is 1. The number of anilines is 1. The van der Waals surface area contributed by atoms with E-state index in [1.54, 1.807) is 24.3 Å². The summed E-state index contributed by atoms with van der Waals surface area (Å²) < 4.78 is 0. The van der Waals surface area contributed by atoms with Crippen molar-refractivity contribution < 1.29 is 4.79 Å². The molecule has 0 saturated heterocycles. The molecule has 1 aromatic carbocycles. The van der Waals surface area contributed by atoms with Crippen LogP contribution in [0, 0.1) is 6.92 Å². The predicted molar refractivity (Wildman–Crippen MR) is 84.3 cm³/mol. The number of aryl methyl sites for hydroxylation is 1. The van der Waals surface area contributed by atoms with Crippen LogP contribution in [0.25, 0.3) is 0 Å². The van der Waals surface area contributed by atoms with E-state index in [-0.39, 0.29) is 5.91 Å². The average Bonchev–Trinajstić information content (AvgIpc) is 2.98. The molecule has 0 bridgehead atoms. The van der Waals surface area contributed by atoms with E-state index >= 15 is 0 Å². The van der Waals surface area contributed by atoms with Gasteiger partial charge in [-0.05, 0) is 25.5 Å². The van der Waals surface area contributed by atoms with E-state index in [0.717, 1.165) is 30.0 Å². The Hall–Kier alpha value is -2.30. The van der Waals surface area contributed by atoms with Gasteiger partial charge in [0.15, 0.2) is 0 Å². The van der Waals surface area contributed by atoms with Crippen LogP contribution >= 0.6 is 0 Å². The minimum Gasteiger partial charge on any atom is -0.384 e. The second kappa shape index (κ2) is 6.92. The molecule has 5 heteroatoms. The Morgan fingerprint density at radius 1 is 1.43 bits per heavy atom. The maximum Gasteiger partial charge on any atom is 0.256 e. The summed E-state index contributed by atoms with van der Waals surface area (Å²) in [6, 6.07) is 5.92. The van der Waals surface area contributed by atoms with Crippen molar-refractivity contribution in [1.29, 1.82) is 0 Å². The Labute approximate surface area is 125 Å². The van der Waals surface area contributed by atoms with Gasteiger partial charge in [0, 0.05) is 31.7 Å². The second-order valence-electron chi connectivity index (χ2n) is 5.17. The maximum absolute atomic E-state index is 12.7. The van der Waals surface area contributed by atoms with E-state index in [1.807, 2.05) is 25.1 Å². The molecule has 0 saturated carbocycles. The van der Waals surface area contributed by atoms with Gasteiger partial charge in [-0.15, -0.1) is 0 Å². The lowest BCUT2D eigenvalue weighted by molar-refractivity contribution is 0.0782. The zero-order valence-electron chi connectivity index (χ0n) is 12.8. The van der Waals surface area contributed by atoms with E-state index in [9.17, 15) is 4.79 Å². The molecule has 5 nitrogen and oxygen atoms in total. The first-order chi connectivity index (χ1) is 10.1. The largest absolute Gasteiger partial charge is 0.384 e. The number of hydrogen-bond donors (Lipinski definition) is 2. The van der Waals surface area contributed by atoms with Crippen LogP contribution in [0.1, 0.15) is 35.1 Å². The summed E-state index contributed by atoms with van der Waals surface area (Å²) in [4.78, 5) is 21.5. The Balaban J connectivity index is 2.18. The standard InChI is InChI=1S/C16H22N4O/c1-4-7-17-14-6-5-12(2)10-13(14)16(21)20(3)11-15-18-8-9-19-15/h5-6,8-10,17H,4,7,11H2,1-3H3,(H,18,19). The van der Waals surface area contributed by atoms with Crippen LogP contribution in [0.5, 0.6) is 0 Å². The molecule has 112 valence electrons. The summed E-state index contributed by atoms with van der Waals surface area (Å²) in [5.74, 6) is 0.773. The summed E-state index contributed by atoms with van der Waals surface area (Å²) in [7, 11) is 1.79. The van der Waals surface area contributed by atoms with E-state index < -0.39 is 0 Å². The number of rotatable bonds is 6. The van der Waals surface area contributed by atoms with Crippen LogP contribution in [-0.2, 0) is 6.54 Å². The monoisotopic (exact) mass is 286 g/mol. The van der Waals surface area contributed by atoms with E-state index in [2.05, 4.69) is 22.2 Å². The van der Waals surface area contributed by atoms with Crippen LogP contribution in [0.15, 0.2) is 30.6 Å². The van der Waals surface area contributed by atoms with Gasteiger partial charge in [-0.25, -0.2) is 4.98 Å². The molecule has 0 atom stereocenters. The number of aromatic amines is 1. The van der Waals surface area contributed by atoms with Gasteiger partial charge in [0.25, 0.3) is 5.91 Å². The first-order valence-electron chi connectivity index (χ1n) is 7.20. The predicted octanol–water partition coefficient (Wildman–Crippen LogP) is 2.81. The van der Waals surface area contributed by atoms with Gasteiger partial charge < -0.3 is 15.2 Å². The fourth-order valence-corrected chi connectivity index (χ4v) is 2.14. The molecule has 0 aliphatic rings. The highest BCUT2D eigenvalue weighted by Gasteiger charge is 2.17. The summed E-state index contributed by atoms with van der Waals surface area (Å²) in [6.45, 7) is 5.41. The van der Waals surface area contributed by atoms with Crippen molar-refractivity contribution in [2.75, 3.05) is 18.9 Å². The number of carbonyl (C=O) groups excluding carboxylic acids is 1. The Bertz CT molecular complexity index is 592. The van der Waals surface area contributed by atoms with Crippen LogP contribution in [0.2, 0.25) is 0 Å². The van der Waals surface area contributed by atoms with Crippen LogP contribution in [-0.4, -0.2) is 34.4 Å². The molecule has 2 rings (SSSR count). The highest BCUT2D eigenvalue weighted by atomic mass is 16.2. The third-order valence-corrected chi connectivity index (χ3v) is 3.26. The molecule has 1 aromatic heterocycles. The molecule has 1 amide bonds. The summed E-state index contributed by atoms with van der Waals surface area (Å²) in [5.41, 5.74) is 2.67. The lowest BCUT2D eigenvalue weighted by atomic mass is 10.1. The second-order valence-corrected chi connectivity index (χ2v) is 5.17. The van der Waals surface area contributed by atoms with E-state index in [1.165, 1.54) is 0 Å². The lowest BCUT2D eigenvalue weighted by Crippen LogP contribution is -2.27. The highest BCUT2D eigenvalue weighted by Crippen LogP contribution is 2.19.